The van der Waals surface area contributed by atoms with E-state index in [9.17, 15) is 4.79 Å². The molecule has 1 saturated carbocycles. The van der Waals surface area contributed by atoms with Crippen LogP contribution < -0.4 is 14.7 Å². The van der Waals surface area contributed by atoms with Gasteiger partial charge in [0.05, 0.1) is 0 Å². The van der Waals surface area contributed by atoms with Gasteiger partial charge in [-0.25, -0.2) is 4.98 Å². The second-order valence-electron chi connectivity index (χ2n) is 8.32. The molecular formula is C23H28N4O. The fraction of sp³-hybridized carbons (Fsp3) is 0.478. The van der Waals surface area contributed by atoms with Crippen LogP contribution in [0.2, 0.25) is 0 Å². The van der Waals surface area contributed by atoms with Crippen LogP contribution in [-0.2, 0) is 4.79 Å². The Morgan fingerprint density at radius 1 is 0.929 bits per heavy atom. The first kappa shape index (κ1) is 17.5. The number of rotatable bonds is 4. The zero-order valence-electron chi connectivity index (χ0n) is 16.6. The third-order valence-corrected chi connectivity index (χ3v) is 6.30. The van der Waals surface area contributed by atoms with E-state index in [4.69, 9.17) is 4.98 Å². The lowest BCUT2D eigenvalue weighted by molar-refractivity contribution is -0.117. The molecule has 0 radical (unpaired) electrons. The van der Waals surface area contributed by atoms with E-state index in [1.807, 2.05) is 4.90 Å². The molecule has 0 spiro atoms. The fourth-order valence-corrected chi connectivity index (χ4v) is 4.50. The molecule has 1 aromatic heterocycles. The van der Waals surface area contributed by atoms with E-state index in [0.717, 1.165) is 56.6 Å². The van der Waals surface area contributed by atoms with Gasteiger partial charge in [0, 0.05) is 56.7 Å². The number of aryl methyl sites for hydroxylation is 1. The topological polar surface area (TPSA) is 39.7 Å². The molecule has 5 heteroatoms. The van der Waals surface area contributed by atoms with Crippen molar-refractivity contribution in [2.75, 3.05) is 47.4 Å². The van der Waals surface area contributed by atoms with Crippen LogP contribution in [0.25, 0.3) is 0 Å². The fourth-order valence-electron chi connectivity index (χ4n) is 4.50. The minimum atomic E-state index is 0.247. The molecule has 0 atom stereocenters. The van der Waals surface area contributed by atoms with Crippen LogP contribution in [0.4, 0.5) is 17.2 Å². The number of carbonyl (C=O) groups is 1. The number of piperazine rings is 1. The van der Waals surface area contributed by atoms with Crippen LogP contribution in [0.1, 0.15) is 42.7 Å². The minimum absolute atomic E-state index is 0.247. The Kier molecular flexibility index (Phi) is 4.46. The van der Waals surface area contributed by atoms with E-state index in [0.29, 0.717) is 6.42 Å². The van der Waals surface area contributed by atoms with Gasteiger partial charge in [0.2, 0.25) is 5.91 Å². The summed E-state index contributed by atoms with van der Waals surface area (Å²) in [6.45, 7) is 7.01. The summed E-state index contributed by atoms with van der Waals surface area (Å²) in [5.41, 5.74) is 4.98. The quantitative estimate of drug-likeness (QED) is 0.815. The molecule has 2 aliphatic heterocycles. The van der Waals surface area contributed by atoms with Crippen molar-refractivity contribution in [3.8, 4) is 0 Å². The van der Waals surface area contributed by atoms with E-state index >= 15 is 0 Å². The second-order valence-corrected chi connectivity index (χ2v) is 8.32. The lowest BCUT2D eigenvalue weighted by Gasteiger charge is -2.37. The molecule has 2 aromatic rings. The van der Waals surface area contributed by atoms with Crippen molar-refractivity contribution in [3.05, 3.63) is 47.7 Å². The molecule has 5 rings (SSSR count). The molecule has 0 bridgehead atoms. The number of hydrogen-bond donors (Lipinski definition) is 0. The average Bonchev–Trinajstić information content (AvgIpc) is 3.49. The largest absolute Gasteiger partial charge is 0.368 e. The summed E-state index contributed by atoms with van der Waals surface area (Å²) >= 11 is 0. The number of carbonyl (C=O) groups excluding carboxylic acids is 1. The first-order valence-electron chi connectivity index (χ1n) is 10.6. The first-order chi connectivity index (χ1) is 13.7. The highest BCUT2D eigenvalue weighted by atomic mass is 16.2. The zero-order valence-corrected chi connectivity index (χ0v) is 16.6. The lowest BCUT2D eigenvalue weighted by Crippen LogP contribution is -2.47. The number of anilines is 3. The molecule has 0 N–H and O–H groups in total. The SMILES string of the molecule is Cc1cc(C2CC2)cnc1N1CCN(c2ccc(N3CCCC3=O)cc2)CC1. The highest BCUT2D eigenvalue weighted by Crippen LogP contribution is 2.40. The standard InChI is InChI=1S/C23H28N4O/c1-17-15-19(18-4-5-18)16-24-23(17)26-13-11-25(12-14-26)20-6-8-21(9-7-20)27-10-2-3-22(27)28/h6-9,15-16,18H,2-5,10-14H2,1H3. The normalized spacial score (nSPS) is 20.2. The van der Waals surface area contributed by atoms with Crippen molar-refractivity contribution < 1.29 is 4.79 Å². The third-order valence-electron chi connectivity index (χ3n) is 6.30. The minimum Gasteiger partial charge on any atom is -0.368 e. The van der Waals surface area contributed by atoms with Crippen molar-refractivity contribution in [1.29, 1.82) is 0 Å². The van der Waals surface area contributed by atoms with Crippen molar-refractivity contribution in [1.82, 2.24) is 4.98 Å². The molecule has 1 aromatic carbocycles. The number of amides is 1. The average molecular weight is 377 g/mol. The molecule has 1 amide bonds. The van der Waals surface area contributed by atoms with Crippen LogP contribution in [0, 0.1) is 6.92 Å². The maximum atomic E-state index is 11.9. The maximum absolute atomic E-state index is 11.9. The molecule has 2 saturated heterocycles. The Labute approximate surface area is 167 Å². The molecule has 3 fully saturated rings. The molecule has 5 nitrogen and oxygen atoms in total. The van der Waals surface area contributed by atoms with Crippen LogP contribution in [-0.4, -0.2) is 43.6 Å². The molecular weight excluding hydrogens is 348 g/mol. The van der Waals surface area contributed by atoms with Gasteiger partial charge in [-0.15, -0.1) is 0 Å². The van der Waals surface area contributed by atoms with Crippen LogP contribution in [0.15, 0.2) is 36.5 Å². The van der Waals surface area contributed by atoms with Crippen molar-refractivity contribution in [2.24, 2.45) is 0 Å². The number of pyridine rings is 1. The number of benzene rings is 1. The predicted molar refractivity (Wildman–Crippen MR) is 113 cm³/mol. The van der Waals surface area contributed by atoms with Gasteiger partial charge in [0.15, 0.2) is 0 Å². The molecule has 3 heterocycles. The smallest absolute Gasteiger partial charge is 0.227 e. The summed E-state index contributed by atoms with van der Waals surface area (Å²) < 4.78 is 0. The van der Waals surface area contributed by atoms with Crippen LogP contribution in [0.3, 0.4) is 0 Å². The van der Waals surface area contributed by atoms with Crippen LogP contribution >= 0.6 is 0 Å². The van der Waals surface area contributed by atoms with Crippen LogP contribution in [0.5, 0.6) is 0 Å². The zero-order chi connectivity index (χ0) is 19.1. The summed E-state index contributed by atoms with van der Waals surface area (Å²) in [5.74, 6) is 2.15. The van der Waals surface area contributed by atoms with Gasteiger partial charge >= 0.3 is 0 Å². The van der Waals surface area contributed by atoms with E-state index in [2.05, 4.69) is 53.3 Å². The van der Waals surface area contributed by atoms with Gasteiger partial charge in [-0.2, -0.15) is 0 Å². The van der Waals surface area contributed by atoms with Gasteiger partial charge in [-0.05, 0) is 67.5 Å². The van der Waals surface area contributed by atoms with E-state index < -0.39 is 0 Å². The Morgan fingerprint density at radius 3 is 2.21 bits per heavy atom. The van der Waals surface area contributed by atoms with Gasteiger partial charge in [-0.3, -0.25) is 4.79 Å². The summed E-state index contributed by atoms with van der Waals surface area (Å²) in [6.07, 6.45) is 6.38. The van der Waals surface area contributed by atoms with Gasteiger partial charge < -0.3 is 14.7 Å². The molecule has 0 unspecified atom stereocenters. The summed E-state index contributed by atoms with van der Waals surface area (Å²) in [7, 11) is 0. The maximum Gasteiger partial charge on any atom is 0.227 e. The van der Waals surface area contributed by atoms with E-state index in [1.165, 1.54) is 29.7 Å². The molecule has 3 aliphatic rings. The van der Waals surface area contributed by atoms with E-state index in [-0.39, 0.29) is 5.91 Å². The Balaban J connectivity index is 1.23. The summed E-state index contributed by atoms with van der Waals surface area (Å²) in [5, 5.41) is 0. The Bertz CT molecular complexity index is 867. The first-order valence-corrected chi connectivity index (χ1v) is 10.6. The van der Waals surface area contributed by atoms with Gasteiger partial charge in [0.1, 0.15) is 5.82 Å². The highest BCUT2D eigenvalue weighted by Gasteiger charge is 2.26. The summed E-state index contributed by atoms with van der Waals surface area (Å²) in [6, 6.07) is 10.8. The number of nitrogens with zero attached hydrogens (tertiary/aromatic N) is 4. The Hall–Kier alpha value is -2.56. The van der Waals surface area contributed by atoms with Gasteiger partial charge in [0.25, 0.3) is 0 Å². The third kappa shape index (κ3) is 3.34. The number of hydrogen-bond acceptors (Lipinski definition) is 4. The highest BCUT2D eigenvalue weighted by molar-refractivity contribution is 5.95. The molecule has 1 aliphatic carbocycles. The predicted octanol–water partition coefficient (Wildman–Crippen LogP) is 3.72. The lowest BCUT2D eigenvalue weighted by atomic mass is 10.1. The molecule has 146 valence electrons. The summed E-state index contributed by atoms with van der Waals surface area (Å²) in [4.78, 5) is 23.5. The second kappa shape index (κ2) is 7.12. The van der Waals surface area contributed by atoms with Gasteiger partial charge in [-0.1, -0.05) is 6.07 Å². The Morgan fingerprint density at radius 2 is 1.61 bits per heavy atom. The van der Waals surface area contributed by atoms with E-state index in [1.54, 1.807) is 0 Å². The number of aromatic nitrogens is 1. The van der Waals surface area contributed by atoms with Crippen molar-refractivity contribution in [2.45, 2.75) is 38.5 Å². The monoisotopic (exact) mass is 376 g/mol. The van der Waals surface area contributed by atoms with Crippen molar-refractivity contribution in [3.63, 3.8) is 0 Å². The molecule has 28 heavy (non-hydrogen) atoms. The van der Waals surface area contributed by atoms with Crippen molar-refractivity contribution >= 4 is 23.1 Å².